The Morgan fingerprint density at radius 3 is 3.00 bits per heavy atom. The van der Waals surface area contributed by atoms with Gasteiger partial charge in [-0.15, -0.1) is 0 Å². The topological polar surface area (TPSA) is 17.1 Å². The molecular weight excluding hydrogens is 124 g/mol. The van der Waals surface area contributed by atoms with Gasteiger partial charge in [0.05, 0.1) is 1.37 Å². The number of hydrogen-bond donors (Lipinski definition) is 0. The first-order chi connectivity index (χ1) is 5.11. The molecule has 1 unspecified atom stereocenters. The third-order valence-electron chi connectivity index (χ3n) is 2.61. The summed E-state index contributed by atoms with van der Waals surface area (Å²) in [7, 11) is 0. The third kappa shape index (κ3) is 0.898. The molecule has 0 heterocycles. The second kappa shape index (κ2) is 2.22. The van der Waals surface area contributed by atoms with Crippen LogP contribution >= 0.6 is 0 Å². The number of carbonyl (C=O) groups excluding carboxylic acids is 1. The maximum atomic E-state index is 11.2. The monoisotopic (exact) mass is 139 g/mol. The van der Waals surface area contributed by atoms with Crippen molar-refractivity contribution < 1.29 is 6.17 Å². The summed E-state index contributed by atoms with van der Waals surface area (Å²) in [5, 5.41) is 0. The molecular formula is C9H14O. The smallest absolute Gasteiger partial charge is 0.139 e. The van der Waals surface area contributed by atoms with Gasteiger partial charge in [-0.1, -0.05) is 12.1 Å². The Hall–Kier alpha value is -0.590. The highest BCUT2D eigenvalue weighted by atomic mass is 16.1. The van der Waals surface area contributed by atoms with Gasteiger partial charge in [0, 0.05) is 5.41 Å². The lowest BCUT2D eigenvalue weighted by molar-refractivity contribution is -0.123. The van der Waals surface area contributed by atoms with Crippen LogP contribution in [0.2, 0.25) is 0 Å². The number of rotatable bonds is 1. The Morgan fingerprint density at radius 2 is 2.60 bits per heavy atom. The van der Waals surface area contributed by atoms with Gasteiger partial charge in [-0.3, -0.25) is 4.79 Å². The van der Waals surface area contributed by atoms with E-state index in [1.807, 2.05) is 6.92 Å². The van der Waals surface area contributed by atoms with Crippen molar-refractivity contribution in [2.45, 2.75) is 33.1 Å². The van der Waals surface area contributed by atoms with Gasteiger partial charge in [-0.05, 0) is 33.1 Å². The maximum absolute atomic E-state index is 11.2. The van der Waals surface area contributed by atoms with Crippen LogP contribution in [-0.4, -0.2) is 5.78 Å². The molecule has 0 spiro atoms. The van der Waals surface area contributed by atoms with E-state index >= 15 is 0 Å². The van der Waals surface area contributed by atoms with E-state index in [9.17, 15) is 4.79 Å². The summed E-state index contributed by atoms with van der Waals surface area (Å²) in [6, 6.07) is 0. The summed E-state index contributed by atoms with van der Waals surface area (Å²) >= 11 is 0. The van der Waals surface area contributed by atoms with Crippen LogP contribution in [0, 0.1) is 5.41 Å². The predicted molar refractivity (Wildman–Crippen MR) is 41.8 cm³/mol. The van der Waals surface area contributed by atoms with Gasteiger partial charge >= 0.3 is 0 Å². The van der Waals surface area contributed by atoms with E-state index in [2.05, 4.69) is 0 Å². The summed E-state index contributed by atoms with van der Waals surface area (Å²) < 4.78 is 7.13. The first-order valence-corrected chi connectivity index (χ1v) is 3.70. The van der Waals surface area contributed by atoms with Crippen LogP contribution in [-0.2, 0) is 4.79 Å². The highest BCUT2D eigenvalue weighted by Crippen LogP contribution is 2.41. The van der Waals surface area contributed by atoms with Crippen molar-refractivity contribution in [3.8, 4) is 0 Å². The van der Waals surface area contributed by atoms with Crippen molar-refractivity contribution in [3.05, 3.63) is 12.1 Å². The van der Waals surface area contributed by atoms with Crippen molar-refractivity contribution in [2.75, 3.05) is 0 Å². The highest BCUT2D eigenvalue weighted by molar-refractivity contribution is 5.85. The third-order valence-corrected chi connectivity index (χ3v) is 2.61. The molecule has 1 rings (SSSR count). The zero-order valence-corrected chi connectivity index (χ0v) is 6.61. The fourth-order valence-corrected chi connectivity index (χ4v) is 1.47. The van der Waals surface area contributed by atoms with Crippen molar-refractivity contribution in [1.82, 2.24) is 0 Å². The Kier molecular flexibility index (Phi) is 1.37. The number of hydrogen-bond acceptors (Lipinski definition) is 1. The van der Waals surface area contributed by atoms with E-state index in [1.54, 1.807) is 6.92 Å². The molecule has 1 fully saturated rings. The lowest BCUT2D eigenvalue weighted by Gasteiger charge is -2.20. The molecule has 0 bridgehead atoms. The Labute approximate surface area is 63.5 Å². The second-order valence-corrected chi connectivity index (χ2v) is 3.27. The average molecular weight is 139 g/mol. The van der Waals surface area contributed by atoms with Crippen LogP contribution < -0.4 is 0 Å². The van der Waals surface area contributed by atoms with Gasteiger partial charge in [-0.25, -0.2) is 0 Å². The summed E-state index contributed by atoms with van der Waals surface area (Å²) in [5.74, 6) is 0.202. The lowest BCUT2D eigenvalue weighted by Crippen LogP contribution is -2.22. The van der Waals surface area contributed by atoms with E-state index < -0.39 is 0 Å². The van der Waals surface area contributed by atoms with Gasteiger partial charge in [0.15, 0.2) is 0 Å². The minimum atomic E-state index is -0.304. The van der Waals surface area contributed by atoms with E-state index in [1.165, 1.54) is 6.55 Å². The van der Waals surface area contributed by atoms with Gasteiger partial charge < -0.3 is 0 Å². The molecule has 1 saturated carbocycles. The molecule has 0 aliphatic heterocycles. The van der Waals surface area contributed by atoms with Gasteiger partial charge in [0.25, 0.3) is 0 Å². The molecule has 0 saturated heterocycles. The predicted octanol–water partition coefficient (Wildman–Crippen LogP) is 2.32. The Bertz CT molecular complexity index is 208. The van der Waals surface area contributed by atoms with Gasteiger partial charge in [0.2, 0.25) is 0 Å². The maximum Gasteiger partial charge on any atom is 0.139 e. The number of ketones is 1. The summed E-state index contributed by atoms with van der Waals surface area (Å²) in [4.78, 5) is 11.2. The zero-order valence-electron chi connectivity index (χ0n) is 7.61. The van der Waals surface area contributed by atoms with E-state index in [0.717, 1.165) is 24.8 Å². The van der Waals surface area contributed by atoms with E-state index in [4.69, 9.17) is 1.37 Å². The quantitative estimate of drug-likeness (QED) is 0.509. The first kappa shape index (κ1) is 6.14. The fraction of sp³-hybridized carbons (Fsp3) is 0.667. The van der Waals surface area contributed by atoms with Crippen molar-refractivity contribution in [2.24, 2.45) is 5.41 Å². The lowest BCUT2D eigenvalue weighted by atomic mass is 9.82. The molecule has 10 heavy (non-hydrogen) atoms. The Morgan fingerprint density at radius 1 is 1.90 bits per heavy atom. The average Bonchev–Trinajstić information content (AvgIpc) is 2.32. The molecule has 1 atom stereocenters. The summed E-state index contributed by atoms with van der Waals surface area (Å²) in [6.07, 6.45) is 2.91. The molecule has 1 aliphatic carbocycles. The summed E-state index contributed by atoms with van der Waals surface area (Å²) in [6.45, 7) is 4.92. The zero-order chi connectivity index (χ0) is 8.48. The number of carbonyl (C=O) groups is 1. The van der Waals surface area contributed by atoms with E-state index in [0.29, 0.717) is 0 Å². The Balaban J connectivity index is 2.93. The minimum absolute atomic E-state index is 0.202. The van der Waals surface area contributed by atoms with Crippen LogP contribution in [0.15, 0.2) is 12.1 Å². The highest BCUT2D eigenvalue weighted by Gasteiger charge is 2.36. The molecule has 0 aromatic carbocycles. The van der Waals surface area contributed by atoms with Crippen molar-refractivity contribution in [1.29, 1.82) is 0 Å². The van der Waals surface area contributed by atoms with Gasteiger partial charge in [0.1, 0.15) is 5.78 Å². The SMILES string of the molecule is [2H]C=C1CCCC1(C)C(C)=O. The van der Waals surface area contributed by atoms with Crippen LogP contribution in [0.1, 0.15) is 34.5 Å². The van der Waals surface area contributed by atoms with Crippen LogP contribution in [0.5, 0.6) is 0 Å². The molecule has 0 amide bonds. The molecule has 1 heteroatoms. The standard InChI is InChI=1S/C9H14O/c1-7-5-4-6-9(7,3)8(2)10/h1,4-6H2,2-3H3/i1D. The van der Waals surface area contributed by atoms with Crippen LogP contribution in [0.25, 0.3) is 0 Å². The number of allylic oxidation sites excluding steroid dienone is 1. The summed E-state index contributed by atoms with van der Waals surface area (Å²) in [5.41, 5.74) is 0.701. The van der Waals surface area contributed by atoms with Crippen molar-refractivity contribution in [3.63, 3.8) is 0 Å². The minimum Gasteiger partial charge on any atom is -0.299 e. The molecule has 1 nitrogen and oxygen atoms in total. The van der Waals surface area contributed by atoms with Gasteiger partial charge in [-0.2, -0.15) is 0 Å². The fourth-order valence-electron chi connectivity index (χ4n) is 1.47. The molecule has 0 N–H and O–H groups in total. The van der Waals surface area contributed by atoms with Crippen LogP contribution in [0.4, 0.5) is 0 Å². The molecule has 0 aromatic heterocycles. The molecule has 0 radical (unpaired) electrons. The van der Waals surface area contributed by atoms with E-state index in [-0.39, 0.29) is 11.2 Å². The number of Topliss-reactive ketones (excluding diaryl/α,β-unsaturated/α-hetero) is 1. The van der Waals surface area contributed by atoms with Crippen LogP contribution in [0.3, 0.4) is 0 Å². The first-order valence-electron chi connectivity index (χ1n) is 4.28. The molecule has 0 aromatic rings. The second-order valence-electron chi connectivity index (χ2n) is 3.27. The normalized spacial score (nSPS) is 38.2. The largest absolute Gasteiger partial charge is 0.299 e. The molecule has 56 valence electrons. The molecule has 1 aliphatic rings. The van der Waals surface area contributed by atoms with Crippen molar-refractivity contribution >= 4 is 5.78 Å².